The number of amides is 1. The Balaban J connectivity index is 1.88. The zero-order valence-electron chi connectivity index (χ0n) is 11.4. The third kappa shape index (κ3) is 3.01. The van der Waals surface area contributed by atoms with E-state index in [4.69, 9.17) is 0 Å². The Bertz CT molecular complexity index is 277. The Morgan fingerprint density at radius 1 is 1.29 bits per heavy atom. The van der Waals surface area contributed by atoms with E-state index in [0.717, 1.165) is 19.5 Å². The molecule has 2 fully saturated rings. The molecule has 2 rings (SSSR count). The van der Waals surface area contributed by atoms with Crippen LogP contribution in [0.3, 0.4) is 0 Å². The van der Waals surface area contributed by atoms with Crippen molar-refractivity contribution >= 4 is 5.91 Å². The number of hydrogen-bond acceptors (Lipinski definition) is 2. The van der Waals surface area contributed by atoms with Crippen molar-refractivity contribution in [3.63, 3.8) is 0 Å². The minimum Gasteiger partial charge on any atom is -0.341 e. The maximum atomic E-state index is 12.4. The number of likely N-dealkylation sites (tertiary alicyclic amines) is 1. The summed E-state index contributed by atoms with van der Waals surface area (Å²) in [6, 6.07) is 0.589. The molecule has 17 heavy (non-hydrogen) atoms. The van der Waals surface area contributed by atoms with Crippen LogP contribution in [-0.4, -0.2) is 36.0 Å². The largest absolute Gasteiger partial charge is 0.341 e. The molecule has 1 amide bonds. The van der Waals surface area contributed by atoms with Crippen LogP contribution in [0.15, 0.2) is 0 Å². The second-order valence-corrected chi connectivity index (χ2v) is 6.13. The molecule has 3 nitrogen and oxygen atoms in total. The van der Waals surface area contributed by atoms with Crippen LogP contribution in [-0.2, 0) is 4.79 Å². The number of carbonyl (C=O) groups excluding carboxylic acids is 1. The van der Waals surface area contributed by atoms with Crippen molar-refractivity contribution in [3.8, 4) is 0 Å². The van der Waals surface area contributed by atoms with Gasteiger partial charge in [0.05, 0.1) is 6.04 Å². The van der Waals surface area contributed by atoms with Gasteiger partial charge in [-0.2, -0.15) is 0 Å². The second-order valence-electron chi connectivity index (χ2n) is 6.13. The van der Waals surface area contributed by atoms with Crippen molar-refractivity contribution in [3.05, 3.63) is 0 Å². The van der Waals surface area contributed by atoms with E-state index >= 15 is 0 Å². The number of rotatable bonds is 2. The summed E-state index contributed by atoms with van der Waals surface area (Å²) >= 11 is 0. The van der Waals surface area contributed by atoms with Gasteiger partial charge in [-0.3, -0.25) is 4.79 Å². The molecule has 0 saturated carbocycles. The molecule has 98 valence electrons. The van der Waals surface area contributed by atoms with Gasteiger partial charge in [-0.25, -0.2) is 0 Å². The van der Waals surface area contributed by atoms with E-state index < -0.39 is 0 Å². The van der Waals surface area contributed by atoms with E-state index in [1.54, 1.807) is 0 Å². The fourth-order valence-corrected chi connectivity index (χ4v) is 3.09. The average Bonchev–Trinajstić information content (AvgIpc) is 2.77. The maximum Gasteiger partial charge on any atom is 0.239 e. The molecule has 2 saturated heterocycles. The minimum atomic E-state index is 0.0877. The van der Waals surface area contributed by atoms with Crippen LogP contribution < -0.4 is 5.32 Å². The molecule has 2 heterocycles. The molecule has 0 radical (unpaired) electrons. The van der Waals surface area contributed by atoms with Gasteiger partial charge in [0.15, 0.2) is 0 Å². The zero-order valence-corrected chi connectivity index (χ0v) is 11.4. The maximum absolute atomic E-state index is 12.4. The van der Waals surface area contributed by atoms with Crippen molar-refractivity contribution < 1.29 is 4.79 Å². The molecule has 3 unspecified atom stereocenters. The third-order valence-corrected chi connectivity index (χ3v) is 4.39. The number of piperidine rings is 1. The lowest BCUT2D eigenvalue weighted by molar-refractivity contribution is -0.133. The summed E-state index contributed by atoms with van der Waals surface area (Å²) in [7, 11) is 0. The molecule has 0 aromatic heterocycles. The van der Waals surface area contributed by atoms with Gasteiger partial charge < -0.3 is 10.2 Å². The van der Waals surface area contributed by atoms with Crippen LogP contribution in [0, 0.1) is 11.8 Å². The molecule has 2 aliphatic heterocycles. The first-order chi connectivity index (χ1) is 8.08. The molecule has 2 aliphatic rings. The van der Waals surface area contributed by atoms with Crippen LogP contribution in [0.1, 0.15) is 46.5 Å². The lowest BCUT2D eigenvalue weighted by atomic mass is 9.95. The van der Waals surface area contributed by atoms with Crippen LogP contribution in [0.4, 0.5) is 0 Å². The molecule has 0 spiro atoms. The number of carbonyl (C=O) groups is 1. The molecular formula is C14H26N2O. The van der Waals surface area contributed by atoms with E-state index in [-0.39, 0.29) is 6.04 Å². The zero-order chi connectivity index (χ0) is 12.4. The van der Waals surface area contributed by atoms with Crippen molar-refractivity contribution in [1.29, 1.82) is 0 Å². The highest BCUT2D eigenvalue weighted by Gasteiger charge is 2.33. The highest BCUT2D eigenvalue weighted by molar-refractivity contribution is 5.82. The van der Waals surface area contributed by atoms with Gasteiger partial charge >= 0.3 is 0 Å². The van der Waals surface area contributed by atoms with Crippen LogP contribution in [0.5, 0.6) is 0 Å². The predicted octanol–water partition coefficient (Wildman–Crippen LogP) is 2.02. The summed E-state index contributed by atoms with van der Waals surface area (Å²) in [4.78, 5) is 14.5. The summed E-state index contributed by atoms with van der Waals surface area (Å²) < 4.78 is 0. The number of nitrogens with one attached hydrogen (secondary N) is 1. The van der Waals surface area contributed by atoms with E-state index in [2.05, 4.69) is 31.0 Å². The van der Waals surface area contributed by atoms with Gasteiger partial charge in [0.2, 0.25) is 5.91 Å². The second kappa shape index (κ2) is 5.38. The van der Waals surface area contributed by atoms with Crippen molar-refractivity contribution in [2.75, 3.05) is 13.1 Å². The van der Waals surface area contributed by atoms with Crippen LogP contribution >= 0.6 is 0 Å². The Labute approximate surface area is 105 Å². The Hall–Kier alpha value is -0.570. The average molecular weight is 238 g/mol. The Morgan fingerprint density at radius 3 is 2.65 bits per heavy atom. The van der Waals surface area contributed by atoms with E-state index in [9.17, 15) is 4.79 Å². The lowest BCUT2D eigenvalue weighted by Crippen LogP contribution is -2.50. The first-order valence-electron chi connectivity index (χ1n) is 7.12. The highest BCUT2D eigenvalue weighted by atomic mass is 16.2. The molecule has 0 aromatic rings. The van der Waals surface area contributed by atoms with Crippen molar-refractivity contribution in [1.82, 2.24) is 10.2 Å². The minimum absolute atomic E-state index is 0.0877. The lowest BCUT2D eigenvalue weighted by Gasteiger charge is -2.31. The highest BCUT2D eigenvalue weighted by Crippen LogP contribution is 2.25. The molecule has 0 bridgehead atoms. The molecular weight excluding hydrogens is 212 g/mol. The summed E-state index contributed by atoms with van der Waals surface area (Å²) in [5.41, 5.74) is 0. The van der Waals surface area contributed by atoms with Gasteiger partial charge in [0, 0.05) is 19.1 Å². The van der Waals surface area contributed by atoms with Gasteiger partial charge in [0.25, 0.3) is 0 Å². The van der Waals surface area contributed by atoms with Crippen LogP contribution in [0.2, 0.25) is 0 Å². The fourth-order valence-electron chi connectivity index (χ4n) is 3.09. The molecule has 3 atom stereocenters. The van der Waals surface area contributed by atoms with Crippen molar-refractivity contribution in [2.45, 2.75) is 58.5 Å². The fraction of sp³-hybridized carbons (Fsp3) is 0.929. The van der Waals surface area contributed by atoms with E-state index in [1.165, 1.54) is 19.3 Å². The summed E-state index contributed by atoms with van der Waals surface area (Å²) in [6.07, 6.45) is 4.60. The SMILES string of the molecule is CC1CCCC(C(=O)N2CCC(C(C)C)C2)N1. The topological polar surface area (TPSA) is 32.3 Å². The van der Waals surface area contributed by atoms with Gasteiger partial charge in [0.1, 0.15) is 0 Å². The molecule has 0 aliphatic carbocycles. The summed E-state index contributed by atoms with van der Waals surface area (Å²) in [5.74, 6) is 1.76. The molecule has 3 heteroatoms. The van der Waals surface area contributed by atoms with Crippen molar-refractivity contribution in [2.24, 2.45) is 11.8 Å². The van der Waals surface area contributed by atoms with Gasteiger partial charge in [-0.1, -0.05) is 13.8 Å². The standard InChI is InChI=1S/C14H26N2O/c1-10(2)12-7-8-16(9-12)14(17)13-6-4-5-11(3)15-13/h10-13,15H,4-9H2,1-3H3. The smallest absolute Gasteiger partial charge is 0.239 e. The normalized spacial score (nSPS) is 34.4. The van der Waals surface area contributed by atoms with Crippen LogP contribution in [0.25, 0.3) is 0 Å². The first-order valence-corrected chi connectivity index (χ1v) is 7.12. The first kappa shape index (κ1) is 12.9. The van der Waals surface area contributed by atoms with Gasteiger partial charge in [-0.15, -0.1) is 0 Å². The summed E-state index contributed by atoms with van der Waals surface area (Å²) in [6.45, 7) is 8.65. The monoisotopic (exact) mass is 238 g/mol. The number of hydrogen-bond donors (Lipinski definition) is 1. The summed E-state index contributed by atoms with van der Waals surface area (Å²) in [5, 5.41) is 3.45. The molecule has 1 N–H and O–H groups in total. The van der Waals surface area contributed by atoms with E-state index in [0.29, 0.717) is 23.8 Å². The third-order valence-electron chi connectivity index (χ3n) is 4.39. The quantitative estimate of drug-likeness (QED) is 0.798. The molecule has 0 aromatic carbocycles. The Morgan fingerprint density at radius 2 is 2.06 bits per heavy atom. The van der Waals surface area contributed by atoms with E-state index in [1.807, 2.05) is 0 Å². The number of nitrogens with zero attached hydrogens (tertiary/aromatic N) is 1. The van der Waals surface area contributed by atoms with Gasteiger partial charge in [-0.05, 0) is 44.4 Å². The Kier molecular flexibility index (Phi) is 4.08. The predicted molar refractivity (Wildman–Crippen MR) is 69.8 cm³/mol.